The summed E-state index contributed by atoms with van der Waals surface area (Å²) in [6.07, 6.45) is 2.57. The van der Waals surface area contributed by atoms with Crippen LogP contribution >= 0.6 is 11.3 Å². The van der Waals surface area contributed by atoms with E-state index in [0.717, 1.165) is 28.9 Å². The minimum Gasteiger partial charge on any atom is -0.507 e. The zero-order chi connectivity index (χ0) is 31.7. The smallest absolute Gasteiger partial charge is 0.301 e. The number of hydrogen-bond donors (Lipinski definition) is 1. The van der Waals surface area contributed by atoms with Crippen molar-refractivity contribution >= 4 is 44.1 Å². The molecule has 10 heteroatoms. The number of nitrogens with zero attached hydrogens (tertiary/aromatic N) is 2. The van der Waals surface area contributed by atoms with Crippen molar-refractivity contribution in [3.8, 4) is 23.0 Å². The lowest BCUT2D eigenvalue weighted by atomic mass is 9.94. The van der Waals surface area contributed by atoms with Crippen molar-refractivity contribution in [1.82, 2.24) is 4.98 Å². The summed E-state index contributed by atoms with van der Waals surface area (Å²) in [6.45, 7) is 9.30. The molecule has 1 amide bonds. The third-order valence-corrected chi connectivity index (χ3v) is 8.84. The third kappa shape index (κ3) is 5.82. The van der Waals surface area contributed by atoms with E-state index in [0.29, 0.717) is 65.3 Å². The maximum Gasteiger partial charge on any atom is 0.301 e. The van der Waals surface area contributed by atoms with Gasteiger partial charge in [-0.15, -0.1) is 0 Å². The maximum absolute atomic E-state index is 13.9. The number of aliphatic hydroxyl groups excluding tert-OH is 1. The van der Waals surface area contributed by atoms with E-state index in [4.69, 9.17) is 23.9 Å². The van der Waals surface area contributed by atoms with Crippen LogP contribution in [-0.4, -0.2) is 47.7 Å². The second-order valence-electron chi connectivity index (χ2n) is 11.0. The minimum atomic E-state index is -0.968. The van der Waals surface area contributed by atoms with Crippen LogP contribution < -0.4 is 23.8 Å². The first-order valence-electron chi connectivity index (χ1n) is 15.4. The number of unbranched alkanes of at least 4 members (excludes halogenated alkanes) is 1. The van der Waals surface area contributed by atoms with E-state index < -0.39 is 17.7 Å². The van der Waals surface area contributed by atoms with Crippen LogP contribution in [0, 0.1) is 0 Å². The lowest BCUT2D eigenvalue weighted by Gasteiger charge is -2.24. The highest BCUT2D eigenvalue weighted by Gasteiger charge is 2.48. The number of anilines is 1. The molecule has 0 saturated carbocycles. The van der Waals surface area contributed by atoms with Gasteiger partial charge in [-0.2, -0.15) is 0 Å². The molecule has 2 aliphatic rings. The van der Waals surface area contributed by atoms with Gasteiger partial charge in [0.1, 0.15) is 23.4 Å². The number of benzene rings is 3. The maximum atomic E-state index is 13.9. The van der Waals surface area contributed by atoms with Crippen molar-refractivity contribution in [3.63, 3.8) is 0 Å². The fourth-order valence-electron chi connectivity index (χ4n) is 5.73. The van der Waals surface area contributed by atoms with Crippen LogP contribution in [0.4, 0.5) is 5.13 Å². The number of rotatable bonds is 11. The number of carbonyl (C=O) groups is 2. The highest BCUT2D eigenvalue weighted by atomic mass is 32.1. The van der Waals surface area contributed by atoms with Crippen LogP contribution in [0.15, 0.2) is 60.2 Å². The molecule has 2 atom stereocenters. The van der Waals surface area contributed by atoms with Gasteiger partial charge in [-0.3, -0.25) is 14.5 Å². The Labute approximate surface area is 266 Å². The molecule has 0 bridgehead atoms. The number of amides is 1. The highest BCUT2D eigenvalue weighted by molar-refractivity contribution is 7.22. The lowest BCUT2D eigenvalue weighted by molar-refractivity contribution is -0.132. The number of aromatic nitrogens is 1. The van der Waals surface area contributed by atoms with Gasteiger partial charge in [0, 0.05) is 12.0 Å². The standard InChI is InChI=1S/C35H36N2O7S/c1-5-8-15-43-27-14-9-21(18-28(27)42-7-3)31-30(32(38)22-10-13-26-23(17-22)16-20(4)44-26)33(39)34(40)37(31)35-36-25-12-11-24(41-6-2)19-29(25)45-35/h9-14,17-20,31,38H,5-8,15-16H2,1-4H3/b32-30+/t20-,31+/m1/s1. The molecule has 0 spiro atoms. The van der Waals surface area contributed by atoms with Gasteiger partial charge in [-0.25, -0.2) is 4.98 Å². The summed E-state index contributed by atoms with van der Waals surface area (Å²) in [4.78, 5) is 33.8. The van der Waals surface area contributed by atoms with E-state index in [2.05, 4.69) is 6.92 Å². The average molecular weight is 629 g/mol. The van der Waals surface area contributed by atoms with Crippen molar-refractivity contribution in [2.24, 2.45) is 0 Å². The Morgan fingerprint density at radius 3 is 2.60 bits per heavy atom. The summed E-state index contributed by atoms with van der Waals surface area (Å²) in [5.41, 5.74) is 2.59. The van der Waals surface area contributed by atoms with Crippen LogP contribution in [0.3, 0.4) is 0 Å². The minimum absolute atomic E-state index is 0.0142. The first kappa shape index (κ1) is 30.5. The Hall–Kier alpha value is -4.57. The first-order chi connectivity index (χ1) is 21.8. The van der Waals surface area contributed by atoms with Gasteiger partial charge >= 0.3 is 5.91 Å². The fraction of sp³-hybridized carbons (Fsp3) is 0.343. The fourth-order valence-corrected chi connectivity index (χ4v) is 6.75. The lowest BCUT2D eigenvalue weighted by Crippen LogP contribution is -2.29. The topological polar surface area (TPSA) is 107 Å². The molecule has 1 saturated heterocycles. The Bertz CT molecular complexity index is 1800. The van der Waals surface area contributed by atoms with Crippen LogP contribution in [0.1, 0.15) is 63.3 Å². The molecule has 1 fully saturated rings. The third-order valence-electron chi connectivity index (χ3n) is 7.82. The number of ether oxygens (including phenoxy) is 4. The van der Waals surface area contributed by atoms with Crippen LogP contribution in [0.2, 0.25) is 0 Å². The molecule has 1 N–H and O–H groups in total. The largest absolute Gasteiger partial charge is 0.507 e. The molecule has 1 aromatic heterocycles. The molecule has 3 aromatic carbocycles. The second-order valence-corrected chi connectivity index (χ2v) is 12.0. The normalized spacial score (nSPS) is 18.7. The monoisotopic (exact) mass is 628 g/mol. The predicted octanol–water partition coefficient (Wildman–Crippen LogP) is 7.22. The molecule has 0 unspecified atom stereocenters. The number of aliphatic hydroxyl groups is 1. The van der Waals surface area contributed by atoms with Crippen molar-refractivity contribution in [2.75, 3.05) is 24.7 Å². The summed E-state index contributed by atoms with van der Waals surface area (Å²) in [7, 11) is 0. The molecule has 6 rings (SSSR count). The summed E-state index contributed by atoms with van der Waals surface area (Å²) >= 11 is 1.28. The quantitative estimate of drug-likeness (QED) is 0.0803. The van der Waals surface area contributed by atoms with Gasteiger partial charge < -0.3 is 24.1 Å². The second kappa shape index (κ2) is 12.8. The van der Waals surface area contributed by atoms with Gasteiger partial charge in [-0.1, -0.05) is 30.7 Å². The van der Waals surface area contributed by atoms with E-state index in [1.165, 1.54) is 16.2 Å². The zero-order valence-corrected chi connectivity index (χ0v) is 26.6. The van der Waals surface area contributed by atoms with Gasteiger partial charge in [0.2, 0.25) is 0 Å². The zero-order valence-electron chi connectivity index (χ0n) is 25.8. The molecule has 9 nitrogen and oxygen atoms in total. The number of carbonyl (C=O) groups excluding carboxylic acids is 2. The van der Waals surface area contributed by atoms with E-state index in [9.17, 15) is 14.7 Å². The van der Waals surface area contributed by atoms with E-state index in [1.54, 1.807) is 30.3 Å². The molecule has 45 heavy (non-hydrogen) atoms. The van der Waals surface area contributed by atoms with Gasteiger partial charge in [0.15, 0.2) is 16.6 Å². The Morgan fingerprint density at radius 1 is 1.00 bits per heavy atom. The molecular weight excluding hydrogens is 592 g/mol. The average Bonchev–Trinajstić information content (AvgIpc) is 3.69. The van der Waals surface area contributed by atoms with Crippen LogP contribution in [0.5, 0.6) is 23.0 Å². The Morgan fingerprint density at radius 2 is 1.82 bits per heavy atom. The number of fused-ring (bicyclic) bond motifs is 2. The number of hydrogen-bond acceptors (Lipinski definition) is 9. The summed E-state index contributed by atoms with van der Waals surface area (Å²) in [5.74, 6) is 0.672. The predicted molar refractivity (Wildman–Crippen MR) is 174 cm³/mol. The Kier molecular flexibility index (Phi) is 8.67. The molecular formula is C35H36N2O7S. The molecule has 2 aliphatic heterocycles. The van der Waals surface area contributed by atoms with Crippen LogP contribution in [0.25, 0.3) is 16.0 Å². The Balaban J connectivity index is 1.50. The van der Waals surface area contributed by atoms with E-state index >= 15 is 0 Å². The SMILES string of the molecule is CCCCOc1ccc([C@H]2/C(=C(\O)c3ccc4c(c3)C[C@@H](C)O4)C(=O)C(=O)N2c2nc3ccc(OCC)cc3s2)cc1OCC. The molecule has 3 heterocycles. The number of Topliss-reactive ketones (excluding diaryl/α,β-unsaturated/α-hetero) is 1. The molecule has 0 radical (unpaired) electrons. The summed E-state index contributed by atoms with van der Waals surface area (Å²) in [5, 5.41) is 12.1. The first-order valence-corrected chi connectivity index (χ1v) is 16.2. The van der Waals surface area contributed by atoms with Crippen molar-refractivity contribution in [1.29, 1.82) is 0 Å². The van der Waals surface area contributed by atoms with E-state index in [-0.39, 0.29) is 17.4 Å². The summed E-state index contributed by atoms with van der Waals surface area (Å²) in [6, 6.07) is 15.2. The molecule has 4 aromatic rings. The molecule has 234 valence electrons. The van der Waals surface area contributed by atoms with Crippen LogP contribution in [-0.2, 0) is 16.0 Å². The molecule has 0 aliphatic carbocycles. The van der Waals surface area contributed by atoms with E-state index in [1.807, 2.05) is 45.0 Å². The summed E-state index contributed by atoms with van der Waals surface area (Å²) < 4.78 is 24.3. The van der Waals surface area contributed by atoms with Gasteiger partial charge in [0.05, 0.1) is 41.7 Å². The number of ketones is 1. The van der Waals surface area contributed by atoms with Gasteiger partial charge in [0.25, 0.3) is 5.78 Å². The van der Waals surface area contributed by atoms with Crippen molar-refractivity contribution in [2.45, 2.75) is 59.1 Å². The van der Waals surface area contributed by atoms with Crippen molar-refractivity contribution < 1.29 is 33.6 Å². The van der Waals surface area contributed by atoms with Gasteiger partial charge in [-0.05, 0) is 86.8 Å². The highest BCUT2D eigenvalue weighted by Crippen LogP contribution is 2.46. The van der Waals surface area contributed by atoms with Crippen molar-refractivity contribution in [3.05, 3.63) is 76.9 Å². The number of thiazole rings is 1.